The molecule has 0 radical (unpaired) electrons. The predicted molar refractivity (Wildman–Crippen MR) is 63.6 cm³/mol. The number of hydrogen-bond donors (Lipinski definition) is 1. The number of carboxylic acid groups (broad SMARTS) is 1. The van der Waals surface area contributed by atoms with Crippen LogP contribution in [0.25, 0.3) is 0 Å². The topological polar surface area (TPSA) is 74.7 Å². The van der Waals surface area contributed by atoms with Crippen LogP contribution in [0.3, 0.4) is 0 Å². The summed E-state index contributed by atoms with van der Waals surface area (Å²) in [6, 6.07) is 0. The first-order valence-electron chi connectivity index (χ1n) is 6.55. The molecule has 1 N–H and O–H groups in total. The quantitative estimate of drug-likeness (QED) is 0.769. The molecule has 0 spiro atoms. The summed E-state index contributed by atoms with van der Waals surface area (Å²) in [4.78, 5) is 36.0. The van der Waals surface area contributed by atoms with Crippen LogP contribution in [0.5, 0.6) is 0 Å². The Hall–Kier alpha value is -1.39. The Kier molecular flexibility index (Phi) is 3.68. The maximum Gasteiger partial charge on any atom is 0.306 e. The summed E-state index contributed by atoms with van der Waals surface area (Å²) in [6.07, 6.45) is 3.12. The number of hydrogen-bond acceptors (Lipinski definition) is 3. The van der Waals surface area contributed by atoms with E-state index in [2.05, 4.69) is 0 Å². The third-order valence-corrected chi connectivity index (χ3v) is 4.04. The molecule has 0 aromatic carbocycles. The van der Waals surface area contributed by atoms with Gasteiger partial charge in [0.2, 0.25) is 11.8 Å². The van der Waals surface area contributed by atoms with Crippen molar-refractivity contribution in [2.45, 2.75) is 39.0 Å². The van der Waals surface area contributed by atoms with Crippen molar-refractivity contribution in [2.75, 3.05) is 6.54 Å². The van der Waals surface area contributed by atoms with E-state index < -0.39 is 11.9 Å². The highest BCUT2D eigenvalue weighted by molar-refractivity contribution is 5.97. The van der Waals surface area contributed by atoms with E-state index in [4.69, 9.17) is 5.11 Å². The number of rotatable bonds is 3. The van der Waals surface area contributed by atoms with Crippen LogP contribution in [0.15, 0.2) is 0 Å². The molecule has 0 aromatic rings. The Labute approximate surface area is 106 Å². The van der Waals surface area contributed by atoms with Gasteiger partial charge < -0.3 is 5.11 Å². The van der Waals surface area contributed by atoms with Crippen LogP contribution < -0.4 is 0 Å². The molecule has 2 aliphatic rings. The zero-order valence-electron chi connectivity index (χ0n) is 10.6. The first-order valence-corrected chi connectivity index (χ1v) is 6.55. The standard InChI is InChI=1S/C13H19NO4/c1-8-5-11(15)14(12(16)6-8)7-9-3-2-4-10(9)13(17)18/h8-10H,2-7H2,1H3,(H,17,18). The van der Waals surface area contributed by atoms with Crippen molar-refractivity contribution in [3.63, 3.8) is 0 Å². The molecule has 1 saturated heterocycles. The lowest BCUT2D eigenvalue weighted by Crippen LogP contribution is -2.46. The van der Waals surface area contributed by atoms with Crippen molar-refractivity contribution in [3.05, 3.63) is 0 Å². The summed E-state index contributed by atoms with van der Waals surface area (Å²) < 4.78 is 0. The summed E-state index contributed by atoms with van der Waals surface area (Å²) >= 11 is 0. The molecule has 5 heteroatoms. The second-order valence-corrected chi connectivity index (χ2v) is 5.55. The maximum atomic E-state index is 11.8. The zero-order valence-corrected chi connectivity index (χ0v) is 10.6. The molecule has 2 amide bonds. The van der Waals surface area contributed by atoms with Crippen LogP contribution in [-0.2, 0) is 14.4 Å². The zero-order chi connectivity index (χ0) is 13.3. The summed E-state index contributed by atoms with van der Waals surface area (Å²) in [5, 5.41) is 9.10. The Morgan fingerprint density at radius 3 is 2.44 bits per heavy atom. The maximum absolute atomic E-state index is 11.8. The second-order valence-electron chi connectivity index (χ2n) is 5.55. The highest BCUT2D eigenvalue weighted by Gasteiger charge is 2.38. The van der Waals surface area contributed by atoms with Gasteiger partial charge in [-0.1, -0.05) is 13.3 Å². The average Bonchev–Trinajstić information content (AvgIpc) is 2.71. The Morgan fingerprint density at radius 1 is 1.28 bits per heavy atom. The van der Waals surface area contributed by atoms with Gasteiger partial charge in [-0.2, -0.15) is 0 Å². The molecule has 2 unspecified atom stereocenters. The molecule has 100 valence electrons. The van der Waals surface area contributed by atoms with Crippen LogP contribution in [0.4, 0.5) is 0 Å². The lowest BCUT2D eigenvalue weighted by molar-refractivity contribution is -0.153. The van der Waals surface area contributed by atoms with Gasteiger partial charge in [0.15, 0.2) is 0 Å². The van der Waals surface area contributed by atoms with Gasteiger partial charge in [0.25, 0.3) is 0 Å². The predicted octanol–water partition coefficient (Wildman–Crippen LogP) is 1.27. The minimum atomic E-state index is -0.803. The van der Waals surface area contributed by atoms with Crippen molar-refractivity contribution >= 4 is 17.8 Å². The Balaban J connectivity index is 2.02. The average molecular weight is 253 g/mol. The van der Waals surface area contributed by atoms with Crippen molar-refractivity contribution in [2.24, 2.45) is 17.8 Å². The van der Waals surface area contributed by atoms with Gasteiger partial charge in [0.05, 0.1) is 5.92 Å². The molecule has 18 heavy (non-hydrogen) atoms. The highest BCUT2D eigenvalue weighted by Crippen LogP contribution is 2.33. The monoisotopic (exact) mass is 253 g/mol. The molecular weight excluding hydrogens is 234 g/mol. The highest BCUT2D eigenvalue weighted by atomic mass is 16.4. The van der Waals surface area contributed by atoms with Gasteiger partial charge in [0.1, 0.15) is 0 Å². The number of carbonyl (C=O) groups is 3. The number of nitrogens with zero attached hydrogens (tertiary/aromatic N) is 1. The molecule has 0 aromatic heterocycles. The third-order valence-electron chi connectivity index (χ3n) is 4.04. The summed E-state index contributed by atoms with van der Waals surface area (Å²) in [7, 11) is 0. The fraction of sp³-hybridized carbons (Fsp3) is 0.769. The molecule has 2 fully saturated rings. The number of carboxylic acids is 1. The van der Waals surface area contributed by atoms with E-state index in [1.54, 1.807) is 0 Å². The number of piperidine rings is 1. The SMILES string of the molecule is CC1CC(=O)N(CC2CCCC2C(=O)O)C(=O)C1. The number of carbonyl (C=O) groups excluding carboxylic acids is 2. The number of amides is 2. The smallest absolute Gasteiger partial charge is 0.306 e. The molecule has 2 rings (SSSR count). The first kappa shape index (κ1) is 13.1. The van der Waals surface area contributed by atoms with Gasteiger partial charge in [-0.25, -0.2) is 0 Å². The third kappa shape index (κ3) is 2.54. The van der Waals surface area contributed by atoms with Crippen molar-refractivity contribution in [1.82, 2.24) is 4.90 Å². The lowest BCUT2D eigenvalue weighted by atomic mass is 9.92. The van der Waals surface area contributed by atoms with Crippen LogP contribution in [0, 0.1) is 17.8 Å². The molecule has 1 aliphatic carbocycles. The minimum absolute atomic E-state index is 0.0659. The lowest BCUT2D eigenvalue weighted by Gasteiger charge is -2.31. The van der Waals surface area contributed by atoms with E-state index in [1.165, 1.54) is 4.90 Å². The molecule has 1 heterocycles. The van der Waals surface area contributed by atoms with Crippen LogP contribution in [-0.4, -0.2) is 34.3 Å². The normalized spacial score (nSPS) is 29.9. The van der Waals surface area contributed by atoms with Crippen LogP contribution >= 0.6 is 0 Å². The van der Waals surface area contributed by atoms with Gasteiger partial charge >= 0.3 is 5.97 Å². The van der Waals surface area contributed by atoms with E-state index in [1.807, 2.05) is 6.92 Å². The van der Waals surface area contributed by atoms with Crippen LogP contribution in [0.1, 0.15) is 39.0 Å². The largest absolute Gasteiger partial charge is 0.481 e. The summed E-state index contributed by atoms with van der Waals surface area (Å²) in [6.45, 7) is 2.18. The van der Waals surface area contributed by atoms with E-state index in [0.29, 0.717) is 25.8 Å². The van der Waals surface area contributed by atoms with E-state index in [9.17, 15) is 14.4 Å². The first-order chi connectivity index (χ1) is 8.49. The summed E-state index contributed by atoms with van der Waals surface area (Å²) in [5.41, 5.74) is 0. The van der Waals surface area contributed by atoms with E-state index in [-0.39, 0.29) is 23.7 Å². The van der Waals surface area contributed by atoms with Gasteiger partial charge in [-0.3, -0.25) is 19.3 Å². The molecule has 2 atom stereocenters. The van der Waals surface area contributed by atoms with Crippen LogP contribution in [0.2, 0.25) is 0 Å². The molecule has 0 bridgehead atoms. The molecular formula is C13H19NO4. The van der Waals surface area contributed by atoms with Crippen molar-refractivity contribution in [1.29, 1.82) is 0 Å². The fourth-order valence-corrected chi connectivity index (χ4v) is 3.05. The van der Waals surface area contributed by atoms with Crippen molar-refractivity contribution < 1.29 is 19.5 Å². The van der Waals surface area contributed by atoms with E-state index >= 15 is 0 Å². The van der Waals surface area contributed by atoms with Gasteiger partial charge in [-0.05, 0) is 24.7 Å². The molecule has 1 aliphatic heterocycles. The Morgan fingerprint density at radius 2 is 1.89 bits per heavy atom. The Bertz CT molecular complexity index is 361. The van der Waals surface area contributed by atoms with Gasteiger partial charge in [0, 0.05) is 19.4 Å². The molecule has 1 saturated carbocycles. The van der Waals surface area contributed by atoms with Crippen molar-refractivity contribution in [3.8, 4) is 0 Å². The molecule has 5 nitrogen and oxygen atoms in total. The second kappa shape index (κ2) is 5.08. The number of likely N-dealkylation sites (tertiary alicyclic amines) is 1. The minimum Gasteiger partial charge on any atom is -0.481 e. The summed E-state index contributed by atoms with van der Waals surface area (Å²) in [5.74, 6) is -1.44. The van der Waals surface area contributed by atoms with E-state index in [0.717, 1.165) is 12.8 Å². The van der Waals surface area contributed by atoms with Gasteiger partial charge in [-0.15, -0.1) is 0 Å². The number of imide groups is 1. The number of aliphatic carboxylic acids is 1. The fourth-order valence-electron chi connectivity index (χ4n) is 3.05.